The molecule has 0 spiro atoms. The van der Waals surface area contributed by atoms with Crippen molar-refractivity contribution in [3.05, 3.63) is 107 Å². The monoisotopic (exact) mass is 510 g/mol. The van der Waals surface area contributed by atoms with Gasteiger partial charge in [0, 0.05) is 25.4 Å². The number of hydrogen-bond acceptors (Lipinski definition) is 2. The lowest BCUT2D eigenvalue weighted by Gasteiger charge is -2.32. The lowest BCUT2D eigenvalue weighted by atomic mass is 9.99. The molecule has 4 rings (SSSR count). The Balaban J connectivity index is 1.59. The summed E-state index contributed by atoms with van der Waals surface area (Å²) in [6, 6.07) is 26.5. The molecule has 3 aromatic carbocycles. The standard InChI is InChI=1S/C34H42N2O2/c1-25(2)30-19-16-27(17-20-30)18-21-33(37)36(24-29-13-9-10-26(3)22-29)32(23-28-11-5-4-6-12-28)34(38)35-31-14-7-8-15-31/h4-6,9-13,16-17,19-20,22,25,31-32H,7-8,14-15,18,21,23-24H2,1-3H3,(H,35,38). The van der Waals surface area contributed by atoms with Crippen molar-refractivity contribution in [1.82, 2.24) is 10.2 Å². The highest BCUT2D eigenvalue weighted by atomic mass is 16.2. The molecule has 1 N–H and O–H groups in total. The van der Waals surface area contributed by atoms with E-state index in [1.807, 2.05) is 47.4 Å². The van der Waals surface area contributed by atoms with Crippen molar-refractivity contribution in [3.63, 3.8) is 0 Å². The lowest BCUT2D eigenvalue weighted by molar-refractivity contribution is -0.141. The summed E-state index contributed by atoms with van der Waals surface area (Å²) in [7, 11) is 0. The summed E-state index contributed by atoms with van der Waals surface area (Å²) in [5.74, 6) is 0.456. The first-order chi connectivity index (χ1) is 18.4. The highest BCUT2D eigenvalue weighted by Gasteiger charge is 2.32. The van der Waals surface area contributed by atoms with Gasteiger partial charge in [0.2, 0.25) is 11.8 Å². The van der Waals surface area contributed by atoms with Gasteiger partial charge in [0.25, 0.3) is 0 Å². The summed E-state index contributed by atoms with van der Waals surface area (Å²) in [5, 5.41) is 3.29. The predicted molar refractivity (Wildman–Crippen MR) is 155 cm³/mol. The molecule has 0 radical (unpaired) electrons. The van der Waals surface area contributed by atoms with Crippen LogP contribution in [-0.2, 0) is 29.0 Å². The Bertz CT molecular complexity index is 1180. The van der Waals surface area contributed by atoms with Gasteiger partial charge in [0.15, 0.2) is 0 Å². The quantitative estimate of drug-likeness (QED) is 0.310. The van der Waals surface area contributed by atoms with Gasteiger partial charge < -0.3 is 10.2 Å². The van der Waals surface area contributed by atoms with Gasteiger partial charge in [-0.1, -0.05) is 111 Å². The summed E-state index contributed by atoms with van der Waals surface area (Å²) in [6.07, 6.45) is 5.86. The molecule has 1 saturated carbocycles. The molecule has 1 atom stereocenters. The summed E-state index contributed by atoms with van der Waals surface area (Å²) < 4.78 is 0. The Morgan fingerprint density at radius 3 is 2.21 bits per heavy atom. The summed E-state index contributed by atoms with van der Waals surface area (Å²) >= 11 is 0. The molecule has 0 aliphatic heterocycles. The Morgan fingerprint density at radius 2 is 1.55 bits per heavy atom. The van der Waals surface area contributed by atoms with Crippen molar-refractivity contribution in [1.29, 1.82) is 0 Å². The number of carbonyl (C=O) groups is 2. The molecule has 38 heavy (non-hydrogen) atoms. The van der Waals surface area contributed by atoms with Crippen molar-refractivity contribution < 1.29 is 9.59 Å². The summed E-state index contributed by atoms with van der Waals surface area (Å²) in [6.45, 7) is 6.85. The normalized spacial score (nSPS) is 14.4. The van der Waals surface area contributed by atoms with Gasteiger partial charge >= 0.3 is 0 Å². The third kappa shape index (κ3) is 7.80. The Hall–Kier alpha value is -3.40. The van der Waals surface area contributed by atoms with Crippen molar-refractivity contribution in [3.8, 4) is 0 Å². The number of hydrogen-bond donors (Lipinski definition) is 1. The first-order valence-electron chi connectivity index (χ1n) is 14.2. The molecule has 4 heteroatoms. The van der Waals surface area contributed by atoms with Crippen LogP contribution < -0.4 is 5.32 Å². The molecule has 200 valence electrons. The second-order valence-electron chi connectivity index (χ2n) is 11.1. The summed E-state index contributed by atoms with van der Waals surface area (Å²) in [4.78, 5) is 29.5. The predicted octanol–water partition coefficient (Wildman–Crippen LogP) is 6.75. The first-order valence-corrected chi connectivity index (χ1v) is 14.2. The molecule has 1 fully saturated rings. The van der Waals surface area contributed by atoms with E-state index in [1.54, 1.807) is 0 Å². The minimum Gasteiger partial charge on any atom is -0.352 e. The fourth-order valence-electron chi connectivity index (χ4n) is 5.39. The maximum atomic E-state index is 13.9. The number of benzene rings is 3. The largest absolute Gasteiger partial charge is 0.352 e. The number of amides is 2. The van der Waals surface area contributed by atoms with E-state index >= 15 is 0 Å². The minimum absolute atomic E-state index is 0.0157. The molecule has 0 aromatic heterocycles. The Morgan fingerprint density at radius 1 is 0.868 bits per heavy atom. The number of aryl methyl sites for hydroxylation is 2. The highest BCUT2D eigenvalue weighted by molar-refractivity contribution is 5.88. The molecule has 1 unspecified atom stereocenters. The van der Waals surface area contributed by atoms with Crippen LogP contribution in [0.15, 0.2) is 78.9 Å². The molecule has 3 aromatic rings. The van der Waals surface area contributed by atoms with Gasteiger partial charge in [0.1, 0.15) is 6.04 Å². The maximum absolute atomic E-state index is 13.9. The van der Waals surface area contributed by atoms with Crippen LogP contribution in [-0.4, -0.2) is 28.8 Å². The van der Waals surface area contributed by atoms with Crippen LogP contribution in [0.2, 0.25) is 0 Å². The molecule has 0 bridgehead atoms. The van der Waals surface area contributed by atoms with Gasteiger partial charge in [-0.2, -0.15) is 0 Å². The summed E-state index contributed by atoms with van der Waals surface area (Å²) in [5.41, 5.74) is 5.70. The van der Waals surface area contributed by atoms with E-state index in [1.165, 1.54) is 5.56 Å². The lowest BCUT2D eigenvalue weighted by Crippen LogP contribution is -2.52. The van der Waals surface area contributed by atoms with Crippen molar-refractivity contribution >= 4 is 11.8 Å². The van der Waals surface area contributed by atoms with Crippen LogP contribution in [0.25, 0.3) is 0 Å². The number of rotatable bonds is 11. The number of carbonyl (C=O) groups excluding carboxylic acids is 2. The Labute approximate surface area is 228 Å². The maximum Gasteiger partial charge on any atom is 0.243 e. The topological polar surface area (TPSA) is 49.4 Å². The van der Waals surface area contributed by atoms with Crippen LogP contribution in [0.1, 0.15) is 79.7 Å². The molecule has 1 aliphatic carbocycles. The molecule has 2 amide bonds. The third-order valence-electron chi connectivity index (χ3n) is 7.68. The van der Waals surface area contributed by atoms with E-state index in [0.29, 0.717) is 31.7 Å². The smallest absolute Gasteiger partial charge is 0.243 e. The van der Waals surface area contributed by atoms with Gasteiger partial charge in [-0.15, -0.1) is 0 Å². The third-order valence-corrected chi connectivity index (χ3v) is 7.68. The molecule has 1 aliphatic rings. The second-order valence-corrected chi connectivity index (χ2v) is 11.1. The molecular weight excluding hydrogens is 468 g/mol. The van der Waals surface area contributed by atoms with Crippen LogP contribution >= 0.6 is 0 Å². The van der Waals surface area contributed by atoms with Gasteiger partial charge in [0.05, 0.1) is 0 Å². The molecule has 4 nitrogen and oxygen atoms in total. The van der Waals surface area contributed by atoms with E-state index < -0.39 is 6.04 Å². The SMILES string of the molecule is Cc1cccc(CN(C(=O)CCc2ccc(C(C)C)cc2)C(Cc2ccccc2)C(=O)NC2CCCC2)c1. The van der Waals surface area contributed by atoms with E-state index in [0.717, 1.165) is 47.9 Å². The van der Waals surface area contributed by atoms with Gasteiger partial charge in [-0.05, 0) is 54.4 Å². The number of nitrogens with one attached hydrogen (secondary N) is 1. The van der Waals surface area contributed by atoms with Crippen molar-refractivity contribution in [2.24, 2.45) is 0 Å². The van der Waals surface area contributed by atoms with E-state index in [9.17, 15) is 9.59 Å². The van der Waals surface area contributed by atoms with Gasteiger partial charge in [-0.3, -0.25) is 9.59 Å². The zero-order valence-electron chi connectivity index (χ0n) is 23.2. The molecule has 0 heterocycles. The van der Waals surface area contributed by atoms with Crippen LogP contribution in [0.3, 0.4) is 0 Å². The van der Waals surface area contributed by atoms with Crippen LogP contribution in [0.4, 0.5) is 0 Å². The van der Waals surface area contributed by atoms with E-state index in [2.05, 4.69) is 62.5 Å². The van der Waals surface area contributed by atoms with E-state index in [-0.39, 0.29) is 17.9 Å². The minimum atomic E-state index is -0.561. The second kappa shape index (κ2) is 13.4. The van der Waals surface area contributed by atoms with Crippen molar-refractivity contribution in [2.75, 3.05) is 0 Å². The Kier molecular flexibility index (Phi) is 9.75. The van der Waals surface area contributed by atoms with Crippen LogP contribution in [0, 0.1) is 6.92 Å². The molecular formula is C34H42N2O2. The first kappa shape index (κ1) is 27.6. The van der Waals surface area contributed by atoms with Crippen LogP contribution in [0.5, 0.6) is 0 Å². The average Bonchev–Trinajstić information content (AvgIpc) is 3.43. The fraction of sp³-hybridized carbons (Fsp3) is 0.412. The average molecular weight is 511 g/mol. The van der Waals surface area contributed by atoms with Crippen molar-refractivity contribution in [2.45, 2.75) is 90.3 Å². The fourth-order valence-corrected chi connectivity index (χ4v) is 5.39. The highest BCUT2D eigenvalue weighted by Crippen LogP contribution is 2.21. The van der Waals surface area contributed by atoms with Gasteiger partial charge in [-0.25, -0.2) is 0 Å². The molecule has 0 saturated heterocycles. The zero-order valence-corrected chi connectivity index (χ0v) is 23.2. The van der Waals surface area contributed by atoms with E-state index in [4.69, 9.17) is 0 Å². The number of nitrogens with zero attached hydrogens (tertiary/aromatic N) is 1. The zero-order chi connectivity index (χ0) is 26.9.